The van der Waals surface area contributed by atoms with Crippen molar-refractivity contribution in [2.45, 2.75) is 27.2 Å². The Bertz CT molecular complexity index is 590. The maximum Gasteiger partial charge on any atom is 0.251 e. The van der Waals surface area contributed by atoms with Gasteiger partial charge < -0.3 is 5.32 Å². The standard InChI is InChI=1S/C15H18N2OS/c1-10-6-4-5-7-13(10)15(18)16-9-8-14-11(2)17-12(3)19-14/h4-7H,8-9H2,1-3H3,(H,16,18). The fourth-order valence-corrected chi connectivity index (χ4v) is 2.95. The fraction of sp³-hybridized carbons (Fsp3) is 0.333. The minimum absolute atomic E-state index is 0.00279. The molecule has 2 rings (SSSR count). The number of carbonyl (C=O) groups excluding carboxylic acids is 1. The third-order valence-electron chi connectivity index (χ3n) is 3.03. The number of aryl methyl sites for hydroxylation is 3. The Morgan fingerprint density at radius 2 is 2.00 bits per heavy atom. The lowest BCUT2D eigenvalue weighted by Gasteiger charge is -2.06. The Kier molecular flexibility index (Phi) is 4.32. The van der Waals surface area contributed by atoms with E-state index in [4.69, 9.17) is 0 Å². The monoisotopic (exact) mass is 274 g/mol. The molecule has 0 saturated carbocycles. The highest BCUT2D eigenvalue weighted by atomic mass is 32.1. The van der Waals surface area contributed by atoms with Crippen molar-refractivity contribution in [2.75, 3.05) is 6.54 Å². The smallest absolute Gasteiger partial charge is 0.251 e. The summed E-state index contributed by atoms with van der Waals surface area (Å²) in [6, 6.07) is 7.63. The summed E-state index contributed by atoms with van der Waals surface area (Å²) in [4.78, 5) is 17.7. The molecule has 0 spiro atoms. The van der Waals surface area contributed by atoms with Crippen molar-refractivity contribution < 1.29 is 4.79 Å². The van der Waals surface area contributed by atoms with Crippen molar-refractivity contribution in [3.8, 4) is 0 Å². The molecule has 0 bridgehead atoms. The van der Waals surface area contributed by atoms with Crippen LogP contribution in [0.3, 0.4) is 0 Å². The van der Waals surface area contributed by atoms with Crippen molar-refractivity contribution in [1.29, 1.82) is 0 Å². The molecule has 4 heteroatoms. The van der Waals surface area contributed by atoms with Crippen molar-refractivity contribution in [3.05, 3.63) is 51.0 Å². The number of rotatable bonds is 4. The van der Waals surface area contributed by atoms with Crippen molar-refractivity contribution >= 4 is 17.2 Å². The van der Waals surface area contributed by atoms with Crippen LogP contribution in [0.2, 0.25) is 0 Å². The van der Waals surface area contributed by atoms with Crippen LogP contribution in [0.5, 0.6) is 0 Å². The molecular weight excluding hydrogens is 256 g/mol. The van der Waals surface area contributed by atoms with Gasteiger partial charge in [0.1, 0.15) is 0 Å². The first-order valence-corrected chi connectivity index (χ1v) is 7.16. The van der Waals surface area contributed by atoms with E-state index < -0.39 is 0 Å². The molecule has 19 heavy (non-hydrogen) atoms. The summed E-state index contributed by atoms with van der Waals surface area (Å²) in [7, 11) is 0. The average Bonchev–Trinajstić information content (AvgIpc) is 2.68. The van der Waals surface area contributed by atoms with Gasteiger partial charge in [-0.2, -0.15) is 0 Å². The van der Waals surface area contributed by atoms with Gasteiger partial charge >= 0.3 is 0 Å². The molecule has 0 fully saturated rings. The fourth-order valence-electron chi connectivity index (χ4n) is 2.02. The third kappa shape index (κ3) is 3.41. The lowest BCUT2D eigenvalue weighted by atomic mass is 10.1. The van der Waals surface area contributed by atoms with Gasteiger partial charge in [-0.1, -0.05) is 18.2 Å². The maximum atomic E-state index is 12.0. The minimum atomic E-state index is -0.00279. The van der Waals surface area contributed by atoms with E-state index in [1.165, 1.54) is 4.88 Å². The Morgan fingerprint density at radius 1 is 1.26 bits per heavy atom. The molecule has 1 aromatic heterocycles. The van der Waals surface area contributed by atoms with Gasteiger partial charge in [-0.25, -0.2) is 4.98 Å². The maximum absolute atomic E-state index is 12.0. The Labute approximate surface area is 117 Å². The molecule has 1 N–H and O–H groups in total. The van der Waals surface area contributed by atoms with Crippen molar-refractivity contribution in [3.63, 3.8) is 0 Å². The highest BCUT2D eigenvalue weighted by molar-refractivity contribution is 7.11. The van der Waals surface area contributed by atoms with E-state index in [-0.39, 0.29) is 5.91 Å². The van der Waals surface area contributed by atoms with E-state index in [0.29, 0.717) is 6.54 Å². The van der Waals surface area contributed by atoms with Crippen LogP contribution in [0.15, 0.2) is 24.3 Å². The van der Waals surface area contributed by atoms with E-state index in [2.05, 4.69) is 10.3 Å². The van der Waals surface area contributed by atoms with E-state index >= 15 is 0 Å². The Balaban J connectivity index is 1.91. The summed E-state index contributed by atoms with van der Waals surface area (Å²) in [5.74, 6) is -0.00279. The number of aromatic nitrogens is 1. The highest BCUT2D eigenvalue weighted by Gasteiger charge is 2.09. The molecule has 1 heterocycles. The van der Waals surface area contributed by atoms with Crippen LogP contribution in [-0.4, -0.2) is 17.4 Å². The predicted octanol–water partition coefficient (Wildman–Crippen LogP) is 3.04. The Hall–Kier alpha value is -1.68. The molecule has 0 atom stereocenters. The molecule has 0 saturated heterocycles. The zero-order chi connectivity index (χ0) is 13.8. The molecule has 0 aliphatic rings. The second-order valence-electron chi connectivity index (χ2n) is 4.56. The number of nitrogens with zero attached hydrogens (tertiary/aromatic N) is 1. The van der Waals surface area contributed by atoms with E-state index in [1.807, 2.05) is 45.0 Å². The molecule has 0 radical (unpaired) electrons. The normalized spacial score (nSPS) is 10.5. The Morgan fingerprint density at radius 3 is 2.63 bits per heavy atom. The summed E-state index contributed by atoms with van der Waals surface area (Å²) in [6.45, 7) is 6.62. The van der Waals surface area contributed by atoms with Gasteiger partial charge in [0.15, 0.2) is 0 Å². The molecule has 0 unspecified atom stereocenters. The lowest BCUT2D eigenvalue weighted by molar-refractivity contribution is 0.0953. The van der Waals surface area contributed by atoms with Gasteiger partial charge in [0.05, 0.1) is 10.7 Å². The molecule has 3 nitrogen and oxygen atoms in total. The molecule has 0 aliphatic carbocycles. The second-order valence-corrected chi connectivity index (χ2v) is 5.85. The summed E-state index contributed by atoms with van der Waals surface area (Å²) < 4.78 is 0. The number of thiazole rings is 1. The third-order valence-corrected chi connectivity index (χ3v) is 4.16. The predicted molar refractivity (Wildman–Crippen MR) is 78.8 cm³/mol. The van der Waals surface area contributed by atoms with Crippen LogP contribution in [0.25, 0.3) is 0 Å². The zero-order valence-corrected chi connectivity index (χ0v) is 12.3. The van der Waals surface area contributed by atoms with Crippen molar-refractivity contribution in [2.24, 2.45) is 0 Å². The van der Waals surface area contributed by atoms with Crippen LogP contribution in [0, 0.1) is 20.8 Å². The summed E-state index contributed by atoms with van der Waals surface area (Å²) >= 11 is 1.70. The lowest BCUT2D eigenvalue weighted by Crippen LogP contribution is -2.26. The quantitative estimate of drug-likeness (QED) is 0.931. The van der Waals surface area contributed by atoms with E-state index in [0.717, 1.165) is 28.2 Å². The first kappa shape index (κ1) is 13.7. The molecular formula is C15H18N2OS. The van der Waals surface area contributed by atoms with Crippen LogP contribution in [0.1, 0.15) is 31.5 Å². The highest BCUT2D eigenvalue weighted by Crippen LogP contribution is 2.17. The number of hydrogen-bond acceptors (Lipinski definition) is 3. The largest absolute Gasteiger partial charge is 0.352 e. The van der Waals surface area contributed by atoms with Gasteiger partial charge in [-0.15, -0.1) is 11.3 Å². The summed E-state index contributed by atoms with van der Waals surface area (Å²) in [5, 5.41) is 4.05. The van der Waals surface area contributed by atoms with Crippen molar-refractivity contribution in [1.82, 2.24) is 10.3 Å². The van der Waals surface area contributed by atoms with Crippen LogP contribution in [0.4, 0.5) is 0 Å². The second kappa shape index (κ2) is 5.97. The van der Waals surface area contributed by atoms with E-state index in [9.17, 15) is 4.79 Å². The molecule has 100 valence electrons. The molecule has 2 aromatic rings. The summed E-state index contributed by atoms with van der Waals surface area (Å²) in [6.07, 6.45) is 0.842. The van der Waals surface area contributed by atoms with Gasteiger partial charge in [0.25, 0.3) is 5.91 Å². The zero-order valence-electron chi connectivity index (χ0n) is 11.5. The number of amides is 1. The molecule has 1 aromatic carbocycles. The van der Waals surface area contributed by atoms with Crippen LogP contribution >= 0.6 is 11.3 Å². The van der Waals surface area contributed by atoms with Gasteiger partial charge in [-0.05, 0) is 32.4 Å². The van der Waals surface area contributed by atoms with Gasteiger partial charge in [0.2, 0.25) is 0 Å². The van der Waals surface area contributed by atoms with E-state index in [1.54, 1.807) is 11.3 Å². The molecule has 0 aliphatic heterocycles. The van der Waals surface area contributed by atoms with Gasteiger partial charge in [0, 0.05) is 23.4 Å². The number of hydrogen-bond donors (Lipinski definition) is 1. The topological polar surface area (TPSA) is 42.0 Å². The first-order chi connectivity index (χ1) is 9.08. The number of benzene rings is 1. The first-order valence-electron chi connectivity index (χ1n) is 6.34. The van der Waals surface area contributed by atoms with Crippen LogP contribution < -0.4 is 5.32 Å². The summed E-state index contributed by atoms with van der Waals surface area (Å²) in [5.41, 5.74) is 2.83. The number of carbonyl (C=O) groups is 1. The SMILES string of the molecule is Cc1nc(C)c(CCNC(=O)c2ccccc2C)s1. The van der Waals surface area contributed by atoms with Crippen LogP contribution in [-0.2, 0) is 6.42 Å². The number of nitrogens with one attached hydrogen (secondary N) is 1. The molecule has 1 amide bonds. The minimum Gasteiger partial charge on any atom is -0.352 e. The van der Waals surface area contributed by atoms with Gasteiger partial charge in [-0.3, -0.25) is 4.79 Å². The average molecular weight is 274 g/mol.